The molecule has 82 valence electrons. The number of aromatic nitrogens is 1. The van der Waals surface area contributed by atoms with E-state index in [9.17, 15) is 0 Å². The van der Waals surface area contributed by atoms with Crippen molar-refractivity contribution in [2.75, 3.05) is 6.61 Å². The molecule has 0 aliphatic heterocycles. The van der Waals surface area contributed by atoms with E-state index in [1.54, 1.807) is 12.4 Å². The molecule has 0 N–H and O–H groups in total. The lowest BCUT2D eigenvalue weighted by atomic mass is 10.1. The van der Waals surface area contributed by atoms with Crippen LogP contribution >= 0.6 is 0 Å². The highest BCUT2D eigenvalue weighted by Crippen LogP contribution is 2.21. The topological polar surface area (TPSA) is 22.1 Å². The first-order valence-electron chi connectivity index (χ1n) is 5.53. The van der Waals surface area contributed by atoms with E-state index in [4.69, 9.17) is 4.74 Å². The third-order valence-corrected chi connectivity index (χ3v) is 2.34. The molecule has 2 rings (SSSR count). The Morgan fingerprint density at radius 3 is 2.19 bits per heavy atom. The first-order valence-corrected chi connectivity index (χ1v) is 5.53. The summed E-state index contributed by atoms with van der Waals surface area (Å²) in [6.07, 6.45) is 4.64. The molecule has 0 unspecified atom stereocenters. The van der Waals surface area contributed by atoms with E-state index in [2.05, 4.69) is 24.0 Å². The maximum absolute atomic E-state index is 5.53. The Morgan fingerprint density at radius 2 is 1.56 bits per heavy atom. The fourth-order valence-electron chi connectivity index (χ4n) is 1.51. The number of nitrogens with zero attached hydrogens (tertiary/aromatic N) is 1. The predicted octanol–water partition coefficient (Wildman–Crippen LogP) is 3.54. The summed E-state index contributed by atoms with van der Waals surface area (Å²) in [5.74, 6) is 0.930. The van der Waals surface area contributed by atoms with Crippen LogP contribution in [0, 0.1) is 0 Å². The van der Waals surface area contributed by atoms with Crippen LogP contribution in [0.2, 0.25) is 0 Å². The number of benzene rings is 1. The lowest BCUT2D eigenvalue weighted by Crippen LogP contribution is -1.94. The normalized spacial score (nSPS) is 10.1. The van der Waals surface area contributed by atoms with E-state index in [1.165, 1.54) is 11.1 Å². The first kappa shape index (κ1) is 10.7. The van der Waals surface area contributed by atoms with Crippen LogP contribution in [0.15, 0.2) is 48.8 Å². The summed E-state index contributed by atoms with van der Waals surface area (Å²) in [4.78, 5) is 4.00. The molecule has 1 aromatic carbocycles. The second-order valence-electron chi connectivity index (χ2n) is 3.61. The zero-order chi connectivity index (χ0) is 11.2. The number of ether oxygens (including phenoxy) is 1. The Kier molecular flexibility index (Phi) is 3.54. The molecule has 0 radical (unpaired) electrons. The molecule has 1 heterocycles. The van der Waals surface area contributed by atoms with Crippen LogP contribution in [-0.4, -0.2) is 11.6 Å². The second-order valence-corrected chi connectivity index (χ2v) is 3.61. The third-order valence-electron chi connectivity index (χ3n) is 2.34. The molecule has 2 heteroatoms. The van der Waals surface area contributed by atoms with Crippen molar-refractivity contribution in [3.8, 4) is 16.9 Å². The highest BCUT2D eigenvalue weighted by molar-refractivity contribution is 5.63. The number of rotatable bonds is 4. The fraction of sp³-hybridized carbons (Fsp3) is 0.214. The maximum atomic E-state index is 5.53. The summed E-state index contributed by atoms with van der Waals surface area (Å²) < 4.78 is 5.53. The second kappa shape index (κ2) is 5.31. The van der Waals surface area contributed by atoms with Gasteiger partial charge in [0.1, 0.15) is 5.75 Å². The molecule has 16 heavy (non-hydrogen) atoms. The quantitative estimate of drug-likeness (QED) is 0.775. The van der Waals surface area contributed by atoms with E-state index in [-0.39, 0.29) is 0 Å². The van der Waals surface area contributed by atoms with Crippen molar-refractivity contribution in [3.05, 3.63) is 48.8 Å². The molecule has 0 spiro atoms. The predicted molar refractivity (Wildman–Crippen MR) is 65.5 cm³/mol. The van der Waals surface area contributed by atoms with E-state index in [0.717, 1.165) is 18.8 Å². The molecule has 0 fully saturated rings. The lowest BCUT2D eigenvalue weighted by Gasteiger charge is -2.05. The first-order chi connectivity index (χ1) is 7.90. The summed E-state index contributed by atoms with van der Waals surface area (Å²) in [7, 11) is 0. The van der Waals surface area contributed by atoms with Crippen molar-refractivity contribution >= 4 is 0 Å². The Morgan fingerprint density at radius 1 is 0.938 bits per heavy atom. The van der Waals surface area contributed by atoms with Crippen molar-refractivity contribution in [2.24, 2.45) is 0 Å². The summed E-state index contributed by atoms with van der Waals surface area (Å²) in [5.41, 5.74) is 2.36. The molecule has 0 saturated heterocycles. The number of hydrogen-bond donors (Lipinski definition) is 0. The van der Waals surface area contributed by atoms with Crippen molar-refractivity contribution in [2.45, 2.75) is 13.3 Å². The molecule has 0 aliphatic rings. The smallest absolute Gasteiger partial charge is 0.119 e. The van der Waals surface area contributed by atoms with Crippen LogP contribution < -0.4 is 4.74 Å². The van der Waals surface area contributed by atoms with Crippen LogP contribution in [0.1, 0.15) is 13.3 Å². The summed E-state index contributed by atoms with van der Waals surface area (Å²) in [6.45, 7) is 2.87. The maximum Gasteiger partial charge on any atom is 0.119 e. The fourth-order valence-corrected chi connectivity index (χ4v) is 1.51. The average Bonchev–Trinajstić information content (AvgIpc) is 2.38. The van der Waals surface area contributed by atoms with Gasteiger partial charge in [0.25, 0.3) is 0 Å². The minimum absolute atomic E-state index is 0.772. The zero-order valence-electron chi connectivity index (χ0n) is 9.39. The van der Waals surface area contributed by atoms with Gasteiger partial charge in [0.2, 0.25) is 0 Å². The van der Waals surface area contributed by atoms with Gasteiger partial charge in [-0.05, 0) is 41.8 Å². The largest absolute Gasteiger partial charge is 0.494 e. The molecular formula is C14H15NO. The standard InChI is InChI=1S/C14H15NO/c1-2-11-16-14-5-3-12(4-6-14)13-7-9-15-10-8-13/h3-10H,2,11H2,1H3. The van der Waals surface area contributed by atoms with Crippen LogP contribution in [0.5, 0.6) is 5.75 Å². The molecule has 0 amide bonds. The minimum Gasteiger partial charge on any atom is -0.494 e. The zero-order valence-corrected chi connectivity index (χ0v) is 9.39. The van der Waals surface area contributed by atoms with Crippen LogP contribution in [0.4, 0.5) is 0 Å². The minimum atomic E-state index is 0.772. The van der Waals surface area contributed by atoms with Gasteiger partial charge in [-0.1, -0.05) is 19.1 Å². The third kappa shape index (κ3) is 2.60. The van der Waals surface area contributed by atoms with Gasteiger partial charge in [0.05, 0.1) is 6.61 Å². The Balaban J connectivity index is 2.13. The Hall–Kier alpha value is -1.83. The van der Waals surface area contributed by atoms with Gasteiger partial charge in [0, 0.05) is 12.4 Å². The van der Waals surface area contributed by atoms with Crippen LogP contribution in [-0.2, 0) is 0 Å². The molecule has 2 nitrogen and oxygen atoms in total. The molecule has 0 bridgehead atoms. The molecule has 0 saturated carbocycles. The van der Waals surface area contributed by atoms with E-state index >= 15 is 0 Å². The van der Waals surface area contributed by atoms with Gasteiger partial charge in [0.15, 0.2) is 0 Å². The van der Waals surface area contributed by atoms with Gasteiger partial charge in [-0.2, -0.15) is 0 Å². The van der Waals surface area contributed by atoms with Gasteiger partial charge < -0.3 is 4.74 Å². The summed E-state index contributed by atoms with van der Waals surface area (Å²) >= 11 is 0. The SMILES string of the molecule is CCCOc1ccc(-c2ccncc2)cc1. The van der Waals surface area contributed by atoms with Gasteiger partial charge in [-0.15, -0.1) is 0 Å². The summed E-state index contributed by atoms with van der Waals surface area (Å²) in [6, 6.07) is 12.2. The average molecular weight is 213 g/mol. The van der Waals surface area contributed by atoms with Gasteiger partial charge in [-0.25, -0.2) is 0 Å². The Bertz CT molecular complexity index is 422. The molecule has 1 aromatic heterocycles. The Labute approximate surface area is 95.9 Å². The van der Waals surface area contributed by atoms with Gasteiger partial charge >= 0.3 is 0 Å². The highest BCUT2D eigenvalue weighted by Gasteiger charge is 1.97. The number of hydrogen-bond acceptors (Lipinski definition) is 2. The molecule has 2 aromatic rings. The lowest BCUT2D eigenvalue weighted by molar-refractivity contribution is 0.317. The van der Waals surface area contributed by atoms with Crippen LogP contribution in [0.25, 0.3) is 11.1 Å². The molecule has 0 aliphatic carbocycles. The van der Waals surface area contributed by atoms with E-state index < -0.39 is 0 Å². The highest BCUT2D eigenvalue weighted by atomic mass is 16.5. The van der Waals surface area contributed by atoms with Gasteiger partial charge in [-0.3, -0.25) is 4.98 Å². The van der Waals surface area contributed by atoms with Crippen molar-refractivity contribution in [3.63, 3.8) is 0 Å². The summed E-state index contributed by atoms with van der Waals surface area (Å²) in [5, 5.41) is 0. The monoisotopic (exact) mass is 213 g/mol. The van der Waals surface area contributed by atoms with E-state index in [0.29, 0.717) is 0 Å². The van der Waals surface area contributed by atoms with Crippen molar-refractivity contribution < 1.29 is 4.74 Å². The molecular weight excluding hydrogens is 198 g/mol. The molecule has 0 atom stereocenters. The van der Waals surface area contributed by atoms with Crippen LogP contribution in [0.3, 0.4) is 0 Å². The van der Waals surface area contributed by atoms with E-state index in [1.807, 2.05) is 24.3 Å². The van der Waals surface area contributed by atoms with Crippen molar-refractivity contribution in [1.29, 1.82) is 0 Å². The number of pyridine rings is 1. The van der Waals surface area contributed by atoms with Crippen molar-refractivity contribution in [1.82, 2.24) is 4.98 Å².